The fourth-order valence-corrected chi connectivity index (χ4v) is 2.58. The highest BCUT2D eigenvalue weighted by atomic mass is 35.5. The maximum atomic E-state index is 13.1. The minimum atomic E-state index is -0.624. The van der Waals surface area contributed by atoms with Gasteiger partial charge < -0.3 is 10.1 Å². The summed E-state index contributed by atoms with van der Waals surface area (Å²) in [6, 6.07) is 10.8. The molecule has 0 aliphatic carbocycles. The summed E-state index contributed by atoms with van der Waals surface area (Å²) in [6.07, 6.45) is 0. The molecular weight excluding hydrogens is 396 g/mol. The minimum absolute atomic E-state index is 0.00378. The Morgan fingerprint density at radius 1 is 1.11 bits per heavy atom. The van der Waals surface area contributed by atoms with E-state index in [9.17, 15) is 14.0 Å². The highest BCUT2D eigenvalue weighted by Crippen LogP contribution is 2.25. The van der Waals surface area contributed by atoms with Crippen molar-refractivity contribution in [2.75, 3.05) is 12.4 Å². The largest absolute Gasteiger partial charge is 0.494 e. The Bertz CT molecular complexity index is 1070. The number of carbonyl (C=O) groups excluding carboxylic acids is 1. The van der Waals surface area contributed by atoms with Gasteiger partial charge in [-0.05, 0) is 42.5 Å². The van der Waals surface area contributed by atoms with E-state index in [1.165, 1.54) is 43.5 Å². The Morgan fingerprint density at radius 3 is 2.44 bits per heavy atom. The molecule has 1 N–H and O–H groups in total. The van der Waals surface area contributed by atoms with E-state index in [1.807, 2.05) is 0 Å². The van der Waals surface area contributed by atoms with Crippen molar-refractivity contribution in [1.29, 1.82) is 0 Å². The molecular formula is C18H12Cl2FN3O3. The Labute approximate surface area is 163 Å². The van der Waals surface area contributed by atoms with Crippen LogP contribution in [0.25, 0.3) is 5.69 Å². The number of ether oxygens (including phenoxy) is 1. The number of carbonyl (C=O) groups is 1. The van der Waals surface area contributed by atoms with Crippen LogP contribution in [0.4, 0.5) is 10.1 Å². The van der Waals surface area contributed by atoms with Gasteiger partial charge in [-0.15, -0.1) is 0 Å². The molecule has 0 saturated heterocycles. The lowest BCUT2D eigenvalue weighted by atomic mass is 10.2. The van der Waals surface area contributed by atoms with Crippen LogP contribution in [0.1, 0.15) is 10.5 Å². The first-order valence-electron chi connectivity index (χ1n) is 7.60. The van der Waals surface area contributed by atoms with Crippen molar-refractivity contribution in [1.82, 2.24) is 9.78 Å². The third-order valence-corrected chi connectivity index (χ3v) is 4.32. The first kappa shape index (κ1) is 18.9. The molecule has 2 aromatic carbocycles. The summed E-state index contributed by atoms with van der Waals surface area (Å²) in [6.45, 7) is 0. The predicted octanol–water partition coefficient (Wildman–Crippen LogP) is 3.94. The molecule has 0 aliphatic heterocycles. The summed E-state index contributed by atoms with van der Waals surface area (Å²) < 4.78 is 19.2. The number of benzene rings is 2. The smallest absolute Gasteiger partial charge is 0.280 e. The molecule has 3 rings (SSSR count). The van der Waals surface area contributed by atoms with Gasteiger partial charge in [-0.25, -0.2) is 4.39 Å². The quantitative estimate of drug-likeness (QED) is 0.710. The van der Waals surface area contributed by atoms with E-state index >= 15 is 0 Å². The second-order valence-corrected chi connectivity index (χ2v) is 6.19. The third-order valence-electron chi connectivity index (χ3n) is 3.58. The summed E-state index contributed by atoms with van der Waals surface area (Å²) in [5.74, 6) is -1.09. The lowest BCUT2D eigenvalue weighted by molar-refractivity contribution is 0.101. The molecule has 1 aromatic heterocycles. The van der Waals surface area contributed by atoms with Gasteiger partial charge in [-0.2, -0.15) is 9.78 Å². The average Bonchev–Trinajstić information content (AvgIpc) is 2.65. The van der Waals surface area contributed by atoms with E-state index < -0.39 is 17.3 Å². The molecule has 0 aliphatic rings. The van der Waals surface area contributed by atoms with Crippen molar-refractivity contribution in [3.05, 3.63) is 80.4 Å². The van der Waals surface area contributed by atoms with Crippen molar-refractivity contribution in [2.45, 2.75) is 0 Å². The van der Waals surface area contributed by atoms with Crippen LogP contribution in [0, 0.1) is 5.82 Å². The molecule has 1 heterocycles. The number of hydrogen-bond donors (Lipinski definition) is 1. The van der Waals surface area contributed by atoms with Crippen LogP contribution in [0.15, 0.2) is 53.3 Å². The molecule has 0 radical (unpaired) electrons. The number of amides is 1. The van der Waals surface area contributed by atoms with Crippen LogP contribution in [-0.2, 0) is 0 Å². The Balaban J connectivity index is 2.01. The number of nitrogens with zero attached hydrogens (tertiary/aromatic N) is 2. The number of nitrogens with one attached hydrogen (secondary N) is 1. The zero-order chi connectivity index (χ0) is 19.6. The number of hydrogen-bond acceptors (Lipinski definition) is 4. The summed E-state index contributed by atoms with van der Waals surface area (Å²) in [5, 5.41) is 7.28. The van der Waals surface area contributed by atoms with Crippen LogP contribution < -0.4 is 15.6 Å². The van der Waals surface area contributed by atoms with Gasteiger partial charge in [-0.3, -0.25) is 9.59 Å². The van der Waals surface area contributed by atoms with Crippen LogP contribution >= 0.6 is 23.2 Å². The molecule has 9 heteroatoms. The van der Waals surface area contributed by atoms with E-state index in [-0.39, 0.29) is 16.5 Å². The molecule has 6 nitrogen and oxygen atoms in total. The van der Waals surface area contributed by atoms with Crippen molar-refractivity contribution in [2.24, 2.45) is 0 Å². The Kier molecular flexibility index (Phi) is 5.43. The topological polar surface area (TPSA) is 73.2 Å². The molecule has 138 valence electrons. The van der Waals surface area contributed by atoms with Gasteiger partial charge >= 0.3 is 0 Å². The Morgan fingerprint density at radius 2 is 1.81 bits per heavy atom. The van der Waals surface area contributed by atoms with E-state index in [1.54, 1.807) is 6.07 Å². The predicted molar refractivity (Wildman–Crippen MR) is 101 cm³/mol. The zero-order valence-electron chi connectivity index (χ0n) is 13.9. The monoisotopic (exact) mass is 407 g/mol. The van der Waals surface area contributed by atoms with E-state index in [0.717, 1.165) is 10.7 Å². The van der Waals surface area contributed by atoms with Gasteiger partial charge in [-0.1, -0.05) is 23.2 Å². The summed E-state index contributed by atoms with van der Waals surface area (Å²) in [7, 11) is 1.31. The van der Waals surface area contributed by atoms with Crippen LogP contribution in [0.2, 0.25) is 10.0 Å². The van der Waals surface area contributed by atoms with Gasteiger partial charge in [0.1, 0.15) is 5.82 Å². The van der Waals surface area contributed by atoms with Gasteiger partial charge in [0.2, 0.25) is 0 Å². The van der Waals surface area contributed by atoms with Crippen LogP contribution in [-0.4, -0.2) is 22.8 Å². The van der Waals surface area contributed by atoms with E-state index in [4.69, 9.17) is 27.9 Å². The first-order valence-corrected chi connectivity index (χ1v) is 8.35. The molecule has 0 bridgehead atoms. The van der Waals surface area contributed by atoms with Crippen LogP contribution in [0.3, 0.4) is 0 Å². The first-order chi connectivity index (χ1) is 12.9. The van der Waals surface area contributed by atoms with Crippen LogP contribution in [0.5, 0.6) is 5.75 Å². The zero-order valence-corrected chi connectivity index (χ0v) is 15.4. The van der Waals surface area contributed by atoms with Crippen molar-refractivity contribution in [3.63, 3.8) is 0 Å². The normalized spacial score (nSPS) is 10.5. The molecule has 0 fully saturated rings. The number of rotatable bonds is 4. The molecule has 0 unspecified atom stereocenters. The summed E-state index contributed by atoms with van der Waals surface area (Å²) in [4.78, 5) is 24.9. The highest BCUT2D eigenvalue weighted by Gasteiger charge is 2.18. The van der Waals surface area contributed by atoms with Crippen molar-refractivity contribution < 1.29 is 13.9 Å². The number of halogens is 3. The average molecular weight is 408 g/mol. The third kappa shape index (κ3) is 4.10. The lowest BCUT2D eigenvalue weighted by Gasteiger charge is -2.12. The summed E-state index contributed by atoms with van der Waals surface area (Å²) >= 11 is 11.8. The second-order valence-electron chi connectivity index (χ2n) is 5.37. The molecule has 3 aromatic rings. The fourth-order valence-electron chi connectivity index (χ4n) is 2.28. The second kappa shape index (κ2) is 7.77. The van der Waals surface area contributed by atoms with Gasteiger partial charge in [0.05, 0.1) is 28.9 Å². The van der Waals surface area contributed by atoms with Crippen molar-refractivity contribution in [3.8, 4) is 11.4 Å². The van der Waals surface area contributed by atoms with Gasteiger partial charge in [0.15, 0.2) is 11.4 Å². The summed E-state index contributed by atoms with van der Waals surface area (Å²) in [5.41, 5.74) is 0.0162. The molecule has 27 heavy (non-hydrogen) atoms. The molecule has 0 atom stereocenters. The molecule has 0 spiro atoms. The van der Waals surface area contributed by atoms with E-state index in [0.29, 0.717) is 16.4 Å². The number of methoxy groups -OCH3 is 1. The van der Waals surface area contributed by atoms with Crippen molar-refractivity contribution >= 4 is 34.8 Å². The highest BCUT2D eigenvalue weighted by molar-refractivity contribution is 6.42. The maximum absolute atomic E-state index is 13.1. The SMILES string of the molecule is COc1cc(=O)n(-c2ccc(F)cc2)nc1C(=O)Nc1ccc(Cl)c(Cl)c1. The number of aromatic nitrogens is 2. The molecule has 0 saturated carbocycles. The maximum Gasteiger partial charge on any atom is 0.280 e. The Hall–Kier alpha value is -2.90. The minimum Gasteiger partial charge on any atom is -0.494 e. The standard InChI is InChI=1S/C18H12Cl2FN3O3/c1-27-15-9-16(25)24(12-5-2-10(21)3-6-12)23-17(15)18(26)22-11-4-7-13(19)14(20)8-11/h2-9H,1H3,(H,22,26). The lowest BCUT2D eigenvalue weighted by Crippen LogP contribution is -2.26. The molecule has 1 amide bonds. The number of anilines is 1. The van der Waals surface area contributed by atoms with E-state index in [2.05, 4.69) is 10.4 Å². The van der Waals surface area contributed by atoms with Gasteiger partial charge in [0.25, 0.3) is 11.5 Å². The fraction of sp³-hybridized carbons (Fsp3) is 0.0556. The van der Waals surface area contributed by atoms with Gasteiger partial charge in [0, 0.05) is 5.69 Å².